The number of aromatic amines is 1. The number of nitrogens with one attached hydrogen (secondary N) is 3. The number of benzene rings is 2. The van der Waals surface area contributed by atoms with Gasteiger partial charge < -0.3 is 15.6 Å². The molecule has 6 heteroatoms. The van der Waals surface area contributed by atoms with Crippen LogP contribution in [0.5, 0.6) is 0 Å². The summed E-state index contributed by atoms with van der Waals surface area (Å²) in [5, 5.41) is 7.58. The van der Waals surface area contributed by atoms with E-state index in [-0.39, 0.29) is 11.9 Å². The third-order valence-corrected chi connectivity index (χ3v) is 5.96. The molecule has 0 aliphatic heterocycles. The highest BCUT2D eigenvalue weighted by molar-refractivity contribution is 5.83. The molecular weight excluding hydrogens is 398 g/mol. The molecule has 0 bridgehead atoms. The fourth-order valence-corrected chi connectivity index (χ4v) is 4.09. The van der Waals surface area contributed by atoms with Crippen molar-refractivity contribution in [2.75, 3.05) is 12.4 Å². The molecule has 5 rings (SSSR count). The number of H-pyrrole nitrogens is 1. The van der Waals surface area contributed by atoms with E-state index in [0.29, 0.717) is 18.8 Å². The molecule has 1 amide bonds. The number of carbonyl (C=O) groups is 1. The third-order valence-electron chi connectivity index (χ3n) is 5.96. The van der Waals surface area contributed by atoms with Crippen LogP contribution in [0.1, 0.15) is 47.4 Å². The first-order valence-corrected chi connectivity index (χ1v) is 11.1. The molecule has 2 heterocycles. The largest absolute Gasteiger partial charge is 0.373 e. The minimum atomic E-state index is -0.252. The maximum absolute atomic E-state index is 13.0. The van der Waals surface area contributed by atoms with Gasteiger partial charge in [0.2, 0.25) is 5.91 Å². The molecule has 0 saturated heterocycles. The molecule has 0 spiro atoms. The molecular formula is C26H27N5O. The zero-order chi connectivity index (χ0) is 21.9. The fraction of sp³-hybridized carbons (Fsp3) is 0.269. The highest BCUT2D eigenvalue weighted by Gasteiger charge is 2.29. The van der Waals surface area contributed by atoms with E-state index in [0.717, 1.165) is 46.8 Å². The van der Waals surface area contributed by atoms with E-state index < -0.39 is 0 Å². The van der Waals surface area contributed by atoms with Crippen molar-refractivity contribution in [3.05, 3.63) is 89.5 Å². The van der Waals surface area contributed by atoms with Crippen LogP contribution in [0.15, 0.2) is 66.9 Å². The molecule has 1 fully saturated rings. The Morgan fingerprint density at radius 1 is 1.09 bits per heavy atom. The summed E-state index contributed by atoms with van der Waals surface area (Å²) in [6.07, 6.45) is 5.27. The van der Waals surface area contributed by atoms with Crippen LogP contribution in [0.3, 0.4) is 0 Å². The lowest BCUT2D eigenvalue weighted by Crippen LogP contribution is -2.32. The summed E-state index contributed by atoms with van der Waals surface area (Å²) in [6, 6.07) is 19.8. The molecule has 1 unspecified atom stereocenters. The maximum atomic E-state index is 13.0. The van der Waals surface area contributed by atoms with Crippen LogP contribution in [0.4, 0.5) is 5.82 Å². The van der Waals surface area contributed by atoms with Crippen LogP contribution in [0.25, 0.3) is 10.9 Å². The van der Waals surface area contributed by atoms with Gasteiger partial charge in [-0.1, -0.05) is 48.5 Å². The number of para-hydroxylation sites is 1. The average Bonchev–Trinajstić information content (AvgIpc) is 3.60. The molecule has 1 saturated carbocycles. The monoisotopic (exact) mass is 425 g/mol. The second-order valence-electron chi connectivity index (χ2n) is 8.41. The minimum absolute atomic E-state index is 0.0152. The van der Waals surface area contributed by atoms with E-state index in [4.69, 9.17) is 4.98 Å². The second kappa shape index (κ2) is 8.83. The number of amides is 1. The fourth-order valence-electron chi connectivity index (χ4n) is 4.09. The molecule has 4 aromatic rings. The summed E-state index contributed by atoms with van der Waals surface area (Å²) in [6.45, 7) is 0. The van der Waals surface area contributed by atoms with Gasteiger partial charge in [0.15, 0.2) is 0 Å². The minimum Gasteiger partial charge on any atom is -0.373 e. The summed E-state index contributed by atoms with van der Waals surface area (Å²) in [4.78, 5) is 25.9. The molecule has 32 heavy (non-hydrogen) atoms. The predicted molar refractivity (Wildman–Crippen MR) is 127 cm³/mol. The quantitative estimate of drug-likeness (QED) is 0.388. The van der Waals surface area contributed by atoms with Gasteiger partial charge in [0.1, 0.15) is 11.6 Å². The summed E-state index contributed by atoms with van der Waals surface area (Å²) in [7, 11) is 1.87. The number of aromatic nitrogens is 3. The standard InChI is InChI=1S/C26H27N5O/c1-27-24-15-23(30-26(31-24)18-11-12-18)22(29-25(32)13-17-7-3-2-4-8-17)14-19-16-28-21-10-6-5-9-20(19)21/h2-10,15-16,18,22,28H,11-14H2,1H3,(H,29,32)(H,27,30,31). The van der Waals surface area contributed by atoms with Crippen LogP contribution in [0, 0.1) is 0 Å². The van der Waals surface area contributed by atoms with Gasteiger partial charge in [0.25, 0.3) is 0 Å². The Morgan fingerprint density at radius 2 is 1.88 bits per heavy atom. The molecule has 6 nitrogen and oxygen atoms in total. The molecule has 1 aliphatic rings. The number of hydrogen-bond acceptors (Lipinski definition) is 4. The highest BCUT2D eigenvalue weighted by Crippen LogP contribution is 2.39. The molecule has 2 aromatic heterocycles. The first-order valence-electron chi connectivity index (χ1n) is 11.1. The molecule has 1 aliphatic carbocycles. The lowest BCUT2D eigenvalue weighted by molar-refractivity contribution is -0.121. The van der Waals surface area contributed by atoms with Crippen molar-refractivity contribution in [3.8, 4) is 0 Å². The number of hydrogen-bond donors (Lipinski definition) is 3. The van der Waals surface area contributed by atoms with Crippen LogP contribution in [-0.2, 0) is 17.6 Å². The van der Waals surface area contributed by atoms with E-state index in [1.807, 2.05) is 61.8 Å². The summed E-state index contributed by atoms with van der Waals surface area (Å²) >= 11 is 0. The van der Waals surface area contributed by atoms with E-state index in [9.17, 15) is 4.79 Å². The Balaban J connectivity index is 1.47. The number of carbonyl (C=O) groups excluding carboxylic acids is 1. The van der Waals surface area contributed by atoms with Crippen LogP contribution in [0.2, 0.25) is 0 Å². The van der Waals surface area contributed by atoms with Crippen molar-refractivity contribution < 1.29 is 4.79 Å². The van der Waals surface area contributed by atoms with Crippen LogP contribution < -0.4 is 10.6 Å². The summed E-state index contributed by atoms with van der Waals surface area (Å²) in [5.41, 5.74) is 4.09. The van der Waals surface area contributed by atoms with Gasteiger partial charge in [0.05, 0.1) is 18.2 Å². The SMILES string of the molecule is CNc1cc(C(Cc2c[nH]c3ccccc23)NC(=O)Cc2ccccc2)nc(C2CC2)n1. The van der Waals surface area contributed by atoms with E-state index in [1.165, 1.54) is 5.39 Å². The maximum Gasteiger partial charge on any atom is 0.224 e. The van der Waals surface area contributed by atoms with Gasteiger partial charge >= 0.3 is 0 Å². The van der Waals surface area contributed by atoms with E-state index >= 15 is 0 Å². The van der Waals surface area contributed by atoms with Gasteiger partial charge in [-0.2, -0.15) is 0 Å². The molecule has 3 N–H and O–H groups in total. The average molecular weight is 426 g/mol. The Bertz CT molecular complexity index is 1230. The van der Waals surface area contributed by atoms with E-state index in [1.54, 1.807) is 0 Å². The third kappa shape index (κ3) is 4.49. The Kier molecular flexibility index (Phi) is 5.58. The normalized spacial score (nSPS) is 14.3. The molecule has 2 aromatic carbocycles. The van der Waals surface area contributed by atoms with Crippen molar-refractivity contribution in [3.63, 3.8) is 0 Å². The number of anilines is 1. The van der Waals surface area contributed by atoms with Crippen molar-refractivity contribution in [2.45, 2.75) is 37.6 Å². The van der Waals surface area contributed by atoms with Crippen molar-refractivity contribution >= 4 is 22.6 Å². The van der Waals surface area contributed by atoms with Crippen LogP contribution in [-0.4, -0.2) is 27.9 Å². The zero-order valence-corrected chi connectivity index (χ0v) is 18.1. The molecule has 1 atom stereocenters. The first-order chi connectivity index (χ1) is 15.7. The molecule has 162 valence electrons. The van der Waals surface area contributed by atoms with Gasteiger partial charge in [-0.3, -0.25) is 4.79 Å². The molecule has 0 radical (unpaired) electrons. The van der Waals surface area contributed by atoms with E-state index in [2.05, 4.69) is 32.7 Å². The lowest BCUT2D eigenvalue weighted by atomic mass is 10.0. The van der Waals surface area contributed by atoms with Gasteiger partial charge in [-0.25, -0.2) is 9.97 Å². The zero-order valence-electron chi connectivity index (χ0n) is 18.1. The van der Waals surface area contributed by atoms with Gasteiger partial charge in [-0.05, 0) is 30.0 Å². The smallest absolute Gasteiger partial charge is 0.224 e. The Morgan fingerprint density at radius 3 is 2.66 bits per heavy atom. The second-order valence-corrected chi connectivity index (χ2v) is 8.41. The van der Waals surface area contributed by atoms with Crippen molar-refractivity contribution in [1.29, 1.82) is 0 Å². The number of rotatable bonds is 8. The number of fused-ring (bicyclic) bond motifs is 1. The van der Waals surface area contributed by atoms with Crippen molar-refractivity contribution in [2.24, 2.45) is 0 Å². The van der Waals surface area contributed by atoms with Crippen molar-refractivity contribution in [1.82, 2.24) is 20.3 Å². The van der Waals surface area contributed by atoms with Gasteiger partial charge in [-0.15, -0.1) is 0 Å². The predicted octanol–water partition coefficient (Wildman–Crippen LogP) is 4.52. The Hall–Kier alpha value is -3.67. The summed E-state index contributed by atoms with van der Waals surface area (Å²) in [5.74, 6) is 2.07. The summed E-state index contributed by atoms with van der Waals surface area (Å²) < 4.78 is 0. The number of nitrogens with zero attached hydrogens (tertiary/aromatic N) is 2. The Labute approximate surface area is 187 Å². The first kappa shape index (κ1) is 20.2. The lowest BCUT2D eigenvalue weighted by Gasteiger charge is -2.20. The topological polar surface area (TPSA) is 82.7 Å². The van der Waals surface area contributed by atoms with Gasteiger partial charge in [0, 0.05) is 42.6 Å². The van der Waals surface area contributed by atoms with Crippen LogP contribution >= 0.6 is 0 Å². The highest BCUT2D eigenvalue weighted by atomic mass is 16.1.